The van der Waals surface area contributed by atoms with E-state index in [1.807, 2.05) is 0 Å². The molecular weight excluding hydrogens is 332 g/mol. The number of nitrogens with one attached hydrogen (secondary N) is 1. The number of nitrogens with zero attached hydrogens (tertiary/aromatic N) is 2. The molecule has 9 heteroatoms. The molecule has 17 heavy (non-hydrogen) atoms. The van der Waals surface area contributed by atoms with Crippen molar-refractivity contribution in [2.45, 2.75) is 5.16 Å². The minimum Gasteiger partial charge on any atom is -0.248 e. The van der Waals surface area contributed by atoms with E-state index in [2.05, 4.69) is 31.1 Å². The van der Waals surface area contributed by atoms with E-state index in [0.717, 1.165) is 4.47 Å². The zero-order valence-corrected chi connectivity index (χ0v) is 11.3. The number of sulfonamides is 1. The van der Waals surface area contributed by atoms with Gasteiger partial charge in [0.15, 0.2) is 5.82 Å². The van der Waals surface area contributed by atoms with Gasteiger partial charge >= 0.3 is 0 Å². The molecule has 0 aliphatic rings. The molecule has 0 fully saturated rings. The molecule has 0 bridgehead atoms. The van der Waals surface area contributed by atoms with Gasteiger partial charge in [0.05, 0.1) is 5.02 Å². The monoisotopic (exact) mass is 336 g/mol. The Morgan fingerprint density at radius 2 is 2.12 bits per heavy atom. The van der Waals surface area contributed by atoms with Crippen molar-refractivity contribution in [2.75, 3.05) is 0 Å². The number of rotatable bonds is 2. The second-order valence-electron chi connectivity index (χ2n) is 3.14. The molecule has 1 heterocycles. The molecule has 0 aliphatic carbocycles. The van der Waals surface area contributed by atoms with Crippen LogP contribution in [-0.2, 0) is 10.0 Å². The number of primary sulfonamides is 1. The average Bonchev–Trinajstić information content (AvgIpc) is 2.70. The molecule has 90 valence electrons. The lowest BCUT2D eigenvalue weighted by Gasteiger charge is -1.98. The molecule has 0 radical (unpaired) electrons. The normalized spacial score (nSPS) is 11.7. The van der Waals surface area contributed by atoms with Crippen LogP contribution in [0, 0.1) is 0 Å². The Morgan fingerprint density at radius 3 is 2.65 bits per heavy atom. The summed E-state index contributed by atoms with van der Waals surface area (Å²) in [6.45, 7) is 0. The van der Waals surface area contributed by atoms with Crippen LogP contribution in [0.5, 0.6) is 0 Å². The predicted molar refractivity (Wildman–Crippen MR) is 65.9 cm³/mol. The van der Waals surface area contributed by atoms with Gasteiger partial charge in [-0.1, -0.05) is 11.6 Å². The van der Waals surface area contributed by atoms with Crippen molar-refractivity contribution in [3.8, 4) is 11.4 Å². The van der Waals surface area contributed by atoms with Gasteiger partial charge in [0.2, 0.25) is 0 Å². The Morgan fingerprint density at radius 1 is 1.41 bits per heavy atom. The van der Waals surface area contributed by atoms with Gasteiger partial charge in [0.1, 0.15) is 0 Å². The lowest BCUT2D eigenvalue weighted by atomic mass is 10.2. The molecule has 1 aromatic carbocycles. The van der Waals surface area contributed by atoms with Gasteiger partial charge in [-0.3, -0.25) is 0 Å². The highest BCUT2D eigenvalue weighted by atomic mass is 79.9. The SMILES string of the molecule is NS(=O)(=O)c1nc(-c2ccc(Br)c(Cl)c2)n[nH]1. The fourth-order valence-electron chi connectivity index (χ4n) is 1.14. The average molecular weight is 338 g/mol. The molecule has 0 spiro atoms. The highest BCUT2D eigenvalue weighted by Gasteiger charge is 2.15. The summed E-state index contributed by atoms with van der Waals surface area (Å²) in [4.78, 5) is 3.77. The van der Waals surface area contributed by atoms with Crippen LogP contribution in [0.15, 0.2) is 27.8 Å². The first kappa shape index (κ1) is 12.5. The second-order valence-corrected chi connectivity index (χ2v) is 5.88. The van der Waals surface area contributed by atoms with Crippen LogP contribution < -0.4 is 5.14 Å². The van der Waals surface area contributed by atoms with E-state index in [1.165, 1.54) is 0 Å². The maximum Gasteiger partial charge on any atom is 0.273 e. The number of benzene rings is 1. The molecular formula is C8H6BrClN4O2S. The predicted octanol–water partition coefficient (Wildman–Crippen LogP) is 1.53. The van der Waals surface area contributed by atoms with Crippen molar-refractivity contribution in [3.63, 3.8) is 0 Å². The first-order chi connectivity index (χ1) is 7.88. The number of hydrogen-bond donors (Lipinski definition) is 2. The summed E-state index contributed by atoms with van der Waals surface area (Å²) < 4.78 is 22.7. The summed E-state index contributed by atoms with van der Waals surface area (Å²) in [6.07, 6.45) is 0. The summed E-state index contributed by atoms with van der Waals surface area (Å²) in [6, 6.07) is 5.03. The zero-order chi connectivity index (χ0) is 12.6. The van der Waals surface area contributed by atoms with E-state index in [0.29, 0.717) is 10.6 Å². The fourth-order valence-corrected chi connectivity index (χ4v) is 1.95. The van der Waals surface area contributed by atoms with Gasteiger partial charge in [-0.05, 0) is 34.1 Å². The molecule has 6 nitrogen and oxygen atoms in total. The standard InChI is InChI=1S/C8H6BrClN4O2S/c9-5-2-1-4(3-6(5)10)7-12-8(14-13-7)17(11,15)16/h1-3H,(H2,11,15,16)(H,12,13,14). The summed E-state index contributed by atoms with van der Waals surface area (Å²) >= 11 is 9.15. The van der Waals surface area contributed by atoms with Crippen molar-refractivity contribution >= 4 is 37.6 Å². The van der Waals surface area contributed by atoms with Gasteiger partial charge < -0.3 is 0 Å². The van der Waals surface area contributed by atoms with E-state index < -0.39 is 10.0 Å². The topological polar surface area (TPSA) is 102 Å². The van der Waals surface area contributed by atoms with Crippen LogP contribution in [0.3, 0.4) is 0 Å². The van der Waals surface area contributed by atoms with Gasteiger partial charge in [0, 0.05) is 10.0 Å². The molecule has 0 saturated heterocycles. The fraction of sp³-hybridized carbons (Fsp3) is 0. The smallest absolute Gasteiger partial charge is 0.248 e. The van der Waals surface area contributed by atoms with Crippen molar-refractivity contribution in [1.29, 1.82) is 0 Å². The first-order valence-electron chi connectivity index (χ1n) is 4.28. The maximum absolute atomic E-state index is 11.0. The Labute approximate surface area is 110 Å². The van der Waals surface area contributed by atoms with Crippen LogP contribution in [0.4, 0.5) is 0 Å². The highest BCUT2D eigenvalue weighted by molar-refractivity contribution is 9.10. The molecule has 1 aromatic heterocycles. The Bertz CT molecular complexity index is 670. The largest absolute Gasteiger partial charge is 0.273 e. The molecule has 2 rings (SSSR count). The van der Waals surface area contributed by atoms with Gasteiger partial charge in [0.25, 0.3) is 15.2 Å². The summed E-state index contributed by atoms with van der Waals surface area (Å²) in [5.41, 5.74) is 0.587. The second kappa shape index (κ2) is 4.37. The molecule has 0 saturated carbocycles. The van der Waals surface area contributed by atoms with E-state index in [1.54, 1.807) is 18.2 Å². The molecule has 0 unspecified atom stereocenters. The lowest BCUT2D eigenvalue weighted by Crippen LogP contribution is -2.13. The minimum atomic E-state index is -3.88. The number of aromatic amines is 1. The van der Waals surface area contributed by atoms with Crippen molar-refractivity contribution in [2.24, 2.45) is 5.14 Å². The Hall–Kier alpha value is -0.960. The van der Waals surface area contributed by atoms with Gasteiger partial charge in [-0.2, -0.15) is 10.1 Å². The third kappa shape index (κ3) is 2.65. The lowest BCUT2D eigenvalue weighted by molar-refractivity contribution is 0.589. The third-order valence-corrected chi connectivity index (χ3v) is 3.87. The van der Waals surface area contributed by atoms with Crippen LogP contribution in [0.2, 0.25) is 5.02 Å². The summed E-state index contributed by atoms with van der Waals surface area (Å²) in [5.74, 6) is 0.212. The van der Waals surface area contributed by atoms with E-state index >= 15 is 0 Å². The third-order valence-electron chi connectivity index (χ3n) is 1.91. The van der Waals surface area contributed by atoms with Crippen molar-refractivity contribution in [1.82, 2.24) is 15.2 Å². The van der Waals surface area contributed by atoms with E-state index in [-0.39, 0.29) is 11.0 Å². The summed E-state index contributed by atoms with van der Waals surface area (Å²) in [5, 5.41) is 11.0. The van der Waals surface area contributed by atoms with Crippen LogP contribution >= 0.6 is 27.5 Å². The molecule has 0 aliphatic heterocycles. The maximum atomic E-state index is 11.0. The van der Waals surface area contributed by atoms with Crippen LogP contribution in [0.25, 0.3) is 11.4 Å². The van der Waals surface area contributed by atoms with Crippen LogP contribution in [0.1, 0.15) is 0 Å². The van der Waals surface area contributed by atoms with E-state index in [9.17, 15) is 8.42 Å². The number of nitrogens with two attached hydrogens (primary N) is 1. The number of H-pyrrole nitrogens is 1. The highest BCUT2D eigenvalue weighted by Crippen LogP contribution is 2.27. The Kier molecular flexibility index (Phi) is 3.21. The van der Waals surface area contributed by atoms with Crippen molar-refractivity contribution in [3.05, 3.63) is 27.7 Å². The van der Waals surface area contributed by atoms with Gasteiger partial charge in [-0.25, -0.2) is 18.7 Å². The zero-order valence-electron chi connectivity index (χ0n) is 8.18. The quantitative estimate of drug-likeness (QED) is 0.867. The number of halogens is 2. The first-order valence-corrected chi connectivity index (χ1v) is 7.00. The molecule has 0 atom stereocenters. The minimum absolute atomic E-state index is 0.212. The molecule has 2 aromatic rings. The Balaban J connectivity index is 2.47. The molecule has 0 amide bonds. The number of hydrogen-bond acceptors (Lipinski definition) is 4. The number of aromatic nitrogens is 3. The van der Waals surface area contributed by atoms with Gasteiger partial charge in [-0.15, -0.1) is 0 Å². The summed E-state index contributed by atoms with van der Waals surface area (Å²) in [7, 11) is -3.88. The van der Waals surface area contributed by atoms with E-state index in [4.69, 9.17) is 16.7 Å². The molecule has 3 N–H and O–H groups in total. The van der Waals surface area contributed by atoms with Crippen molar-refractivity contribution < 1.29 is 8.42 Å². The van der Waals surface area contributed by atoms with Crippen LogP contribution in [-0.4, -0.2) is 23.6 Å².